The highest BCUT2D eigenvalue weighted by Crippen LogP contribution is 2.31. The average molecular weight is 465 g/mol. The highest BCUT2D eigenvalue weighted by molar-refractivity contribution is 7.99. The van der Waals surface area contributed by atoms with Gasteiger partial charge in [0.15, 0.2) is 22.5 Å². The molecule has 0 spiro atoms. The van der Waals surface area contributed by atoms with Crippen molar-refractivity contribution in [2.45, 2.75) is 43.8 Å². The first kappa shape index (κ1) is 21.8. The number of amides is 1. The fourth-order valence-corrected chi connectivity index (χ4v) is 5.00. The zero-order valence-electron chi connectivity index (χ0n) is 18.8. The number of fused-ring (bicyclic) bond motifs is 2. The molecule has 7 nitrogen and oxygen atoms in total. The molecule has 0 atom stereocenters. The van der Waals surface area contributed by atoms with Gasteiger partial charge in [-0.3, -0.25) is 4.79 Å². The number of ether oxygens (including phenoxy) is 2. The largest absolute Gasteiger partial charge is 0.490 e. The Morgan fingerprint density at radius 1 is 1.00 bits per heavy atom. The third-order valence-corrected chi connectivity index (χ3v) is 7.10. The molecule has 1 amide bonds. The predicted octanol–water partition coefficient (Wildman–Crippen LogP) is 3.93. The average Bonchev–Trinajstić information content (AvgIpc) is 3.05. The minimum absolute atomic E-state index is 0.0505. The van der Waals surface area contributed by atoms with Crippen LogP contribution < -0.4 is 14.8 Å². The summed E-state index contributed by atoms with van der Waals surface area (Å²) in [5.41, 5.74) is 4.93. The number of benzene rings is 2. The van der Waals surface area contributed by atoms with E-state index in [1.165, 1.54) is 35.7 Å². The van der Waals surface area contributed by atoms with Gasteiger partial charge in [-0.05, 0) is 60.6 Å². The minimum atomic E-state index is -0.0505. The molecule has 0 radical (unpaired) electrons. The van der Waals surface area contributed by atoms with E-state index in [-0.39, 0.29) is 11.7 Å². The van der Waals surface area contributed by atoms with Crippen molar-refractivity contribution in [1.29, 1.82) is 0 Å². The molecule has 5 rings (SSSR count). The molecule has 0 bridgehead atoms. The van der Waals surface area contributed by atoms with Gasteiger partial charge in [-0.2, -0.15) is 0 Å². The van der Waals surface area contributed by atoms with Gasteiger partial charge in [0.25, 0.3) is 0 Å². The molecular formula is C25H28N4O3S. The lowest BCUT2D eigenvalue weighted by molar-refractivity contribution is -0.118. The number of rotatable bonds is 6. The van der Waals surface area contributed by atoms with Crippen LogP contribution in [0.2, 0.25) is 0 Å². The summed E-state index contributed by atoms with van der Waals surface area (Å²) in [5.74, 6) is 2.56. The second-order valence-corrected chi connectivity index (χ2v) is 9.40. The molecule has 2 aromatic carbocycles. The summed E-state index contributed by atoms with van der Waals surface area (Å²) in [4.78, 5) is 12.4. The number of thioether (sulfide) groups is 1. The molecule has 0 saturated heterocycles. The van der Waals surface area contributed by atoms with Crippen LogP contribution in [0.4, 0.5) is 0 Å². The molecule has 1 aliphatic carbocycles. The third kappa shape index (κ3) is 5.00. The van der Waals surface area contributed by atoms with Crippen molar-refractivity contribution in [3.8, 4) is 22.9 Å². The van der Waals surface area contributed by atoms with Crippen LogP contribution in [-0.2, 0) is 31.2 Å². The van der Waals surface area contributed by atoms with E-state index in [1.807, 2.05) is 29.8 Å². The zero-order valence-corrected chi connectivity index (χ0v) is 19.6. The maximum absolute atomic E-state index is 12.4. The fourth-order valence-electron chi connectivity index (χ4n) is 4.26. The van der Waals surface area contributed by atoms with Crippen molar-refractivity contribution in [2.24, 2.45) is 7.05 Å². The molecule has 1 N–H and O–H groups in total. The van der Waals surface area contributed by atoms with Crippen LogP contribution in [0.25, 0.3) is 11.4 Å². The van der Waals surface area contributed by atoms with E-state index in [0.717, 1.165) is 52.9 Å². The summed E-state index contributed by atoms with van der Waals surface area (Å²) in [6.45, 7) is 1.75. The first-order chi connectivity index (χ1) is 16.2. The Morgan fingerprint density at radius 3 is 2.70 bits per heavy atom. The van der Waals surface area contributed by atoms with Gasteiger partial charge < -0.3 is 19.4 Å². The Balaban J connectivity index is 1.17. The molecule has 2 heterocycles. The van der Waals surface area contributed by atoms with E-state index in [9.17, 15) is 4.79 Å². The normalized spacial score (nSPS) is 14.9. The van der Waals surface area contributed by atoms with Crippen LogP contribution in [-0.4, -0.2) is 39.6 Å². The first-order valence-electron chi connectivity index (χ1n) is 11.5. The second-order valence-electron chi connectivity index (χ2n) is 8.45. The zero-order chi connectivity index (χ0) is 22.6. The summed E-state index contributed by atoms with van der Waals surface area (Å²) >= 11 is 1.39. The predicted molar refractivity (Wildman–Crippen MR) is 128 cm³/mol. The Labute approximate surface area is 197 Å². The van der Waals surface area contributed by atoms with Gasteiger partial charge in [0.2, 0.25) is 5.91 Å². The fraction of sp³-hybridized carbons (Fsp3) is 0.400. The van der Waals surface area contributed by atoms with Crippen LogP contribution in [0.3, 0.4) is 0 Å². The van der Waals surface area contributed by atoms with Crippen molar-refractivity contribution in [3.63, 3.8) is 0 Å². The van der Waals surface area contributed by atoms with Gasteiger partial charge in [0.05, 0.1) is 19.0 Å². The summed E-state index contributed by atoms with van der Waals surface area (Å²) in [5, 5.41) is 12.4. The maximum Gasteiger partial charge on any atom is 0.230 e. The quantitative estimate of drug-likeness (QED) is 0.557. The molecule has 172 valence electrons. The Morgan fingerprint density at radius 2 is 1.82 bits per heavy atom. The molecule has 3 aromatic rings. The van der Waals surface area contributed by atoms with Crippen molar-refractivity contribution in [2.75, 3.05) is 19.0 Å². The Bertz CT molecular complexity index is 1160. The molecule has 0 saturated carbocycles. The van der Waals surface area contributed by atoms with Crippen molar-refractivity contribution >= 4 is 17.7 Å². The third-order valence-electron chi connectivity index (χ3n) is 6.08. The molecule has 0 fully saturated rings. The van der Waals surface area contributed by atoms with E-state index < -0.39 is 0 Å². The summed E-state index contributed by atoms with van der Waals surface area (Å²) in [7, 11) is 1.95. The van der Waals surface area contributed by atoms with Crippen molar-refractivity contribution in [1.82, 2.24) is 20.1 Å². The van der Waals surface area contributed by atoms with Gasteiger partial charge in [0.1, 0.15) is 0 Å². The van der Waals surface area contributed by atoms with Gasteiger partial charge in [-0.15, -0.1) is 10.2 Å². The van der Waals surface area contributed by atoms with Gasteiger partial charge in [-0.25, -0.2) is 0 Å². The number of aryl methyl sites for hydroxylation is 2. The van der Waals surface area contributed by atoms with Crippen LogP contribution >= 0.6 is 11.8 Å². The standard InChI is InChI=1S/C25H28N4O3S/c1-29-24(20-9-8-18-5-2-3-6-19(18)14-20)27-28-25(29)33-16-23(30)26-15-17-7-10-21-22(13-17)32-12-4-11-31-21/h7-10,13-14H,2-6,11-12,15-16H2,1H3,(H,26,30). The van der Waals surface area contributed by atoms with Crippen molar-refractivity contribution < 1.29 is 14.3 Å². The molecule has 2 aliphatic rings. The van der Waals surface area contributed by atoms with Crippen molar-refractivity contribution in [3.05, 3.63) is 53.1 Å². The summed E-state index contributed by atoms with van der Waals surface area (Å²) < 4.78 is 13.3. The molecule has 1 aliphatic heterocycles. The molecule has 33 heavy (non-hydrogen) atoms. The second kappa shape index (κ2) is 9.87. The van der Waals surface area contributed by atoms with Gasteiger partial charge >= 0.3 is 0 Å². The lowest BCUT2D eigenvalue weighted by atomic mass is 9.90. The van der Waals surface area contributed by atoms with E-state index in [2.05, 4.69) is 33.7 Å². The molecule has 0 unspecified atom stereocenters. The number of hydrogen-bond acceptors (Lipinski definition) is 6. The number of carbonyl (C=O) groups is 1. The number of nitrogens with one attached hydrogen (secondary N) is 1. The number of nitrogens with zero attached hydrogens (tertiary/aromatic N) is 3. The smallest absolute Gasteiger partial charge is 0.230 e. The van der Waals surface area contributed by atoms with Gasteiger partial charge in [-0.1, -0.05) is 30.0 Å². The highest BCUT2D eigenvalue weighted by atomic mass is 32.2. The molecular weight excluding hydrogens is 436 g/mol. The topological polar surface area (TPSA) is 78.3 Å². The monoisotopic (exact) mass is 464 g/mol. The number of carbonyl (C=O) groups excluding carboxylic acids is 1. The minimum Gasteiger partial charge on any atom is -0.490 e. The number of aromatic nitrogens is 3. The highest BCUT2D eigenvalue weighted by Gasteiger charge is 2.16. The van der Waals surface area contributed by atoms with Crippen LogP contribution in [0.15, 0.2) is 41.6 Å². The first-order valence-corrected chi connectivity index (χ1v) is 12.5. The van der Waals surface area contributed by atoms with Crippen LogP contribution in [0.1, 0.15) is 36.0 Å². The Kier molecular flexibility index (Phi) is 6.53. The lowest BCUT2D eigenvalue weighted by Crippen LogP contribution is -2.24. The maximum atomic E-state index is 12.4. The summed E-state index contributed by atoms with van der Waals surface area (Å²) in [6, 6.07) is 12.4. The van der Waals surface area contributed by atoms with E-state index in [1.54, 1.807) is 0 Å². The van der Waals surface area contributed by atoms with E-state index in [4.69, 9.17) is 9.47 Å². The summed E-state index contributed by atoms with van der Waals surface area (Å²) in [6.07, 6.45) is 5.68. The van der Waals surface area contributed by atoms with Crippen LogP contribution in [0.5, 0.6) is 11.5 Å². The van der Waals surface area contributed by atoms with E-state index in [0.29, 0.717) is 19.8 Å². The van der Waals surface area contributed by atoms with Gasteiger partial charge in [0, 0.05) is 25.6 Å². The lowest BCUT2D eigenvalue weighted by Gasteiger charge is -2.16. The van der Waals surface area contributed by atoms with E-state index >= 15 is 0 Å². The molecule has 8 heteroatoms. The number of hydrogen-bond donors (Lipinski definition) is 1. The Hall–Kier alpha value is -3.00. The SMILES string of the molecule is Cn1c(SCC(=O)NCc2ccc3c(c2)OCCCO3)nnc1-c1ccc2c(c1)CCCC2. The van der Waals surface area contributed by atoms with Crippen LogP contribution in [0, 0.1) is 0 Å². The molecule has 1 aromatic heterocycles.